The molecule has 3 nitrogen and oxygen atoms in total. The number of rotatable bonds is 3. The van der Waals surface area contributed by atoms with Crippen molar-refractivity contribution in [2.24, 2.45) is 0 Å². The minimum atomic E-state index is 0.370. The topological polar surface area (TPSA) is 34.9 Å². The number of hydrogen-bond acceptors (Lipinski definition) is 2. The normalized spacial score (nSPS) is 10.6. The summed E-state index contributed by atoms with van der Waals surface area (Å²) in [5.41, 5.74) is 2.94. The first kappa shape index (κ1) is 13.9. The predicted octanol–water partition coefficient (Wildman–Crippen LogP) is 4.66. The molecular weight excluding hydrogens is 307 g/mol. The second-order valence-corrected chi connectivity index (χ2v) is 5.34. The van der Waals surface area contributed by atoms with Crippen LogP contribution in [0.15, 0.2) is 54.6 Å². The van der Waals surface area contributed by atoms with E-state index in [9.17, 15) is 4.79 Å². The summed E-state index contributed by atoms with van der Waals surface area (Å²) in [5, 5.41) is 5.61. The van der Waals surface area contributed by atoms with Crippen molar-refractivity contribution < 1.29 is 4.79 Å². The van der Waals surface area contributed by atoms with Crippen molar-refractivity contribution in [2.75, 3.05) is 0 Å². The zero-order chi connectivity index (χ0) is 14.8. The van der Waals surface area contributed by atoms with Gasteiger partial charge in [-0.1, -0.05) is 35.3 Å². The average Bonchev–Trinajstić information content (AvgIpc) is 2.93. The first-order valence-corrected chi connectivity index (χ1v) is 7.00. The largest absolute Gasteiger partial charge is 0.296 e. The smallest absolute Gasteiger partial charge is 0.170 e. The summed E-state index contributed by atoms with van der Waals surface area (Å²) in [6.07, 6.45) is 0.728. The van der Waals surface area contributed by atoms with Gasteiger partial charge in [0.2, 0.25) is 0 Å². The SMILES string of the molecule is O=Cc1cc(-c2ccc(Cl)cc2)n(-c2ccc(Cl)cc2)n1. The first-order chi connectivity index (χ1) is 10.2. The van der Waals surface area contributed by atoms with Gasteiger partial charge in [0.15, 0.2) is 6.29 Å². The van der Waals surface area contributed by atoms with E-state index >= 15 is 0 Å². The molecule has 1 aromatic heterocycles. The van der Waals surface area contributed by atoms with Crippen LogP contribution in [0.1, 0.15) is 10.5 Å². The van der Waals surface area contributed by atoms with Gasteiger partial charge in [-0.25, -0.2) is 4.68 Å². The van der Waals surface area contributed by atoms with Gasteiger partial charge in [-0.3, -0.25) is 4.79 Å². The summed E-state index contributed by atoms with van der Waals surface area (Å²) in [5.74, 6) is 0. The second kappa shape index (κ2) is 5.72. The lowest BCUT2D eigenvalue weighted by Crippen LogP contribution is -1.99. The average molecular weight is 317 g/mol. The van der Waals surface area contributed by atoms with Crippen LogP contribution in [0.2, 0.25) is 10.0 Å². The van der Waals surface area contributed by atoms with Crippen molar-refractivity contribution in [1.82, 2.24) is 9.78 Å². The summed E-state index contributed by atoms with van der Waals surface area (Å²) in [6.45, 7) is 0. The summed E-state index contributed by atoms with van der Waals surface area (Å²) < 4.78 is 1.71. The molecule has 104 valence electrons. The molecule has 0 spiro atoms. The molecule has 0 saturated heterocycles. The van der Waals surface area contributed by atoms with Crippen molar-refractivity contribution in [3.63, 3.8) is 0 Å². The summed E-state index contributed by atoms with van der Waals surface area (Å²) >= 11 is 11.8. The molecule has 0 amide bonds. The number of carbonyl (C=O) groups is 1. The van der Waals surface area contributed by atoms with E-state index in [4.69, 9.17) is 23.2 Å². The van der Waals surface area contributed by atoms with E-state index < -0.39 is 0 Å². The fourth-order valence-electron chi connectivity index (χ4n) is 2.06. The maximum atomic E-state index is 11.0. The maximum Gasteiger partial charge on any atom is 0.170 e. The van der Waals surface area contributed by atoms with Crippen LogP contribution in [-0.2, 0) is 0 Å². The van der Waals surface area contributed by atoms with Crippen LogP contribution >= 0.6 is 23.2 Å². The van der Waals surface area contributed by atoms with Gasteiger partial charge in [0.1, 0.15) is 5.69 Å². The van der Waals surface area contributed by atoms with Crippen molar-refractivity contribution in [1.29, 1.82) is 0 Å². The summed E-state index contributed by atoms with van der Waals surface area (Å²) in [6, 6.07) is 16.4. The summed E-state index contributed by atoms with van der Waals surface area (Å²) in [4.78, 5) is 11.0. The monoisotopic (exact) mass is 316 g/mol. The zero-order valence-electron chi connectivity index (χ0n) is 10.8. The zero-order valence-corrected chi connectivity index (χ0v) is 12.3. The van der Waals surface area contributed by atoms with E-state index in [0.29, 0.717) is 15.7 Å². The van der Waals surface area contributed by atoms with Crippen molar-refractivity contribution >= 4 is 29.5 Å². The van der Waals surface area contributed by atoms with Gasteiger partial charge in [-0.2, -0.15) is 5.10 Å². The van der Waals surface area contributed by atoms with E-state index in [2.05, 4.69) is 5.10 Å². The number of hydrogen-bond donors (Lipinski definition) is 0. The minimum Gasteiger partial charge on any atom is -0.296 e. The Kier molecular flexibility index (Phi) is 3.78. The van der Waals surface area contributed by atoms with Crippen LogP contribution in [0, 0.1) is 0 Å². The number of halogens is 2. The Morgan fingerprint density at radius 2 is 1.48 bits per heavy atom. The fraction of sp³-hybridized carbons (Fsp3) is 0. The Morgan fingerprint density at radius 1 is 0.905 bits per heavy atom. The van der Waals surface area contributed by atoms with Crippen molar-refractivity contribution in [3.8, 4) is 16.9 Å². The second-order valence-electron chi connectivity index (χ2n) is 4.47. The van der Waals surface area contributed by atoms with Crippen LogP contribution in [-0.4, -0.2) is 16.1 Å². The molecule has 2 aromatic carbocycles. The number of aromatic nitrogens is 2. The standard InChI is InChI=1S/C16H10Cl2N2O/c17-12-3-1-11(2-4-12)16-9-14(10-21)19-20(16)15-7-5-13(18)6-8-15/h1-10H. The lowest BCUT2D eigenvalue weighted by atomic mass is 10.1. The lowest BCUT2D eigenvalue weighted by molar-refractivity contribution is 0.111. The van der Waals surface area contributed by atoms with Crippen LogP contribution in [0.5, 0.6) is 0 Å². The van der Waals surface area contributed by atoms with Crippen LogP contribution in [0.4, 0.5) is 0 Å². The van der Waals surface area contributed by atoms with Gasteiger partial charge in [0.05, 0.1) is 11.4 Å². The van der Waals surface area contributed by atoms with Crippen LogP contribution in [0.25, 0.3) is 16.9 Å². The number of carbonyl (C=O) groups excluding carboxylic acids is 1. The number of benzene rings is 2. The predicted molar refractivity (Wildman–Crippen MR) is 84.4 cm³/mol. The number of aldehydes is 1. The molecule has 0 bridgehead atoms. The molecule has 3 aromatic rings. The van der Waals surface area contributed by atoms with Gasteiger partial charge in [-0.15, -0.1) is 0 Å². The fourth-order valence-corrected chi connectivity index (χ4v) is 2.31. The lowest BCUT2D eigenvalue weighted by Gasteiger charge is -2.07. The third kappa shape index (κ3) is 2.84. The molecule has 0 aliphatic heterocycles. The minimum absolute atomic E-state index is 0.370. The van der Waals surface area contributed by atoms with Crippen LogP contribution < -0.4 is 0 Å². The van der Waals surface area contributed by atoms with Gasteiger partial charge in [0.25, 0.3) is 0 Å². The molecule has 21 heavy (non-hydrogen) atoms. The molecule has 0 atom stereocenters. The Labute approximate surface area is 131 Å². The molecule has 0 aliphatic rings. The van der Waals surface area contributed by atoms with Gasteiger partial charge in [-0.05, 0) is 42.5 Å². The van der Waals surface area contributed by atoms with Crippen molar-refractivity contribution in [3.05, 3.63) is 70.3 Å². The molecule has 0 saturated carbocycles. The molecule has 0 radical (unpaired) electrons. The molecule has 3 rings (SSSR count). The molecule has 0 fully saturated rings. The third-order valence-electron chi connectivity index (χ3n) is 3.06. The Balaban J connectivity index is 2.15. The van der Waals surface area contributed by atoms with Crippen molar-refractivity contribution in [2.45, 2.75) is 0 Å². The van der Waals surface area contributed by atoms with Gasteiger partial charge >= 0.3 is 0 Å². The van der Waals surface area contributed by atoms with E-state index in [1.807, 2.05) is 24.3 Å². The van der Waals surface area contributed by atoms with E-state index in [0.717, 1.165) is 23.2 Å². The number of nitrogens with zero attached hydrogens (tertiary/aromatic N) is 2. The molecular formula is C16H10Cl2N2O. The molecule has 1 heterocycles. The quantitative estimate of drug-likeness (QED) is 0.659. The van der Waals surface area contributed by atoms with E-state index in [-0.39, 0.29) is 0 Å². The maximum absolute atomic E-state index is 11.0. The first-order valence-electron chi connectivity index (χ1n) is 6.24. The third-order valence-corrected chi connectivity index (χ3v) is 3.56. The molecule has 0 N–H and O–H groups in total. The molecule has 0 aliphatic carbocycles. The highest BCUT2D eigenvalue weighted by Gasteiger charge is 2.11. The van der Waals surface area contributed by atoms with Gasteiger partial charge in [0, 0.05) is 15.6 Å². The highest BCUT2D eigenvalue weighted by atomic mass is 35.5. The van der Waals surface area contributed by atoms with E-state index in [1.165, 1.54) is 0 Å². The Morgan fingerprint density at radius 3 is 2.05 bits per heavy atom. The Bertz CT molecular complexity index is 714. The molecule has 5 heteroatoms. The Hall–Kier alpha value is -2.10. The highest BCUT2D eigenvalue weighted by Crippen LogP contribution is 2.25. The highest BCUT2D eigenvalue weighted by molar-refractivity contribution is 6.30. The molecule has 0 unspecified atom stereocenters. The van der Waals surface area contributed by atoms with Gasteiger partial charge < -0.3 is 0 Å². The van der Waals surface area contributed by atoms with E-state index in [1.54, 1.807) is 35.0 Å². The van der Waals surface area contributed by atoms with Crippen LogP contribution in [0.3, 0.4) is 0 Å². The summed E-state index contributed by atoms with van der Waals surface area (Å²) in [7, 11) is 0.